The number of aliphatic imine (C=N–C) groups is 1. The maximum Gasteiger partial charge on any atom is 0.212 e. The summed E-state index contributed by atoms with van der Waals surface area (Å²) in [7, 11) is 0. The van der Waals surface area contributed by atoms with E-state index < -0.39 is 0 Å². The first-order valence-corrected chi connectivity index (χ1v) is 5.36. The first kappa shape index (κ1) is 10.5. The standard InChI is InChI=1S/C12H10N5O/c13-12-15-10-7-9(8-3-5-14-6-4-8)1-2-11(10)17(18)16-12/h1-7H,(H3,13,15,16)/q-1. The second-order valence-electron chi connectivity index (χ2n) is 3.84. The van der Waals surface area contributed by atoms with E-state index in [1.807, 2.05) is 24.3 Å². The first-order chi connectivity index (χ1) is 8.74. The highest BCUT2D eigenvalue weighted by Gasteiger charge is 2.11. The molecule has 3 N–H and O–H groups in total. The number of nitrogens with zero attached hydrogens (tertiary/aromatic N) is 3. The van der Waals surface area contributed by atoms with Gasteiger partial charge in [0, 0.05) is 12.4 Å². The molecule has 1 aliphatic heterocycles. The SMILES string of the molecule is NC1=Nc2cc(-c3ccncc3)ccc2N([O-])N1. The molecular formula is C12H10N5O-. The summed E-state index contributed by atoms with van der Waals surface area (Å²) in [4.78, 5) is 8.08. The molecule has 0 saturated heterocycles. The van der Waals surface area contributed by atoms with Crippen LogP contribution in [-0.2, 0) is 0 Å². The zero-order valence-electron chi connectivity index (χ0n) is 9.37. The van der Waals surface area contributed by atoms with E-state index in [1.54, 1.807) is 18.5 Å². The summed E-state index contributed by atoms with van der Waals surface area (Å²) in [6.45, 7) is 0. The maximum absolute atomic E-state index is 11.6. The monoisotopic (exact) mass is 240 g/mol. The van der Waals surface area contributed by atoms with Gasteiger partial charge in [-0.25, -0.2) is 4.99 Å². The lowest BCUT2D eigenvalue weighted by atomic mass is 10.1. The van der Waals surface area contributed by atoms with Crippen molar-refractivity contribution >= 4 is 17.3 Å². The molecule has 2 heterocycles. The lowest BCUT2D eigenvalue weighted by Gasteiger charge is -2.35. The van der Waals surface area contributed by atoms with Crippen molar-refractivity contribution in [1.29, 1.82) is 0 Å². The van der Waals surface area contributed by atoms with E-state index in [1.165, 1.54) is 0 Å². The van der Waals surface area contributed by atoms with Crippen LogP contribution in [0.25, 0.3) is 11.1 Å². The van der Waals surface area contributed by atoms with Crippen molar-refractivity contribution in [2.75, 3.05) is 5.17 Å². The molecule has 0 unspecified atom stereocenters. The van der Waals surface area contributed by atoms with Crippen LogP contribution in [0.4, 0.5) is 11.4 Å². The molecular weight excluding hydrogens is 230 g/mol. The van der Waals surface area contributed by atoms with Crippen LogP contribution in [0.15, 0.2) is 47.7 Å². The molecule has 0 saturated carbocycles. The van der Waals surface area contributed by atoms with Crippen molar-refractivity contribution in [2.45, 2.75) is 0 Å². The summed E-state index contributed by atoms with van der Waals surface area (Å²) in [5.74, 6) is 0.0874. The van der Waals surface area contributed by atoms with Crippen LogP contribution in [0, 0.1) is 5.21 Å². The fourth-order valence-electron chi connectivity index (χ4n) is 1.83. The number of hydrogen-bond acceptors (Lipinski definition) is 6. The van der Waals surface area contributed by atoms with Gasteiger partial charge in [-0.15, -0.1) is 0 Å². The zero-order valence-corrected chi connectivity index (χ0v) is 9.37. The van der Waals surface area contributed by atoms with E-state index in [2.05, 4.69) is 15.4 Å². The van der Waals surface area contributed by atoms with E-state index >= 15 is 0 Å². The van der Waals surface area contributed by atoms with Crippen molar-refractivity contribution in [1.82, 2.24) is 10.4 Å². The molecule has 3 rings (SSSR count). The Bertz CT molecular complexity index is 611. The van der Waals surface area contributed by atoms with Gasteiger partial charge in [0.2, 0.25) is 5.96 Å². The molecule has 1 aliphatic rings. The summed E-state index contributed by atoms with van der Waals surface area (Å²) in [5, 5.41) is 12.2. The Kier molecular flexibility index (Phi) is 2.35. The van der Waals surface area contributed by atoms with Crippen molar-refractivity contribution in [2.24, 2.45) is 10.7 Å². The normalized spacial score (nSPS) is 13.6. The van der Waals surface area contributed by atoms with Gasteiger partial charge < -0.3 is 16.1 Å². The molecule has 0 aliphatic carbocycles. The largest absolute Gasteiger partial charge is 0.739 e. The van der Waals surface area contributed by atoms with Gasteiger partial charge in [-0.2, -0.15) is 0 Å². The van der Waals surface area contributed by atoms with Gasteiger partial charge in [0.05, 0.1) is 11.4 Å². The highest BCUT2D eigenvalue weighted by Crippen LogP contribution is 2.34. The number of nitrogens with two attached hydrogens (primary N) is 1. The molecule has 0 spiro atoms. The number of hydrogen-bond donors (Lipinski definition) is 2. The highest BCUT2D eigenvalue weighted by atomic mass is 16.5. The lowest BCUT2D eigenvalue weighted by Crippen LogP contribution is -2.44. The molecule has 1 aromatic heterocycles. The number of hydrazine groups is 1. The van der Waals surface area contributed by atoms with Gasteiger partial charge in [-0.3, -0.25) is 10.4 Å². The van der Waals surface area contributed by atoms with Crippen LogP contribution in [0.2, 0.25) is 0 Å². The summed E-state index contributed by atoms with van der Waals surface area (Å²) in [6.07, 6.45) is 3.43. The molecule has 0 atom stereocenters. The van der Waals surface area contributed by atoms with Crippen LogP contribution in [0.1, 0.15) is 0 Å². The molecule has 0 bridgehead atoms. The van der Waals surface area contributed by atoms with Crippen LogP contribution in [-0.4, -0.2) is 10.9 Å². The molecule has 1 aromatic carbocycles. The Hall–Kier alpha value is -2.60. The van der Waals surface area contributed by atoms with Crippen molar-refractivity contribution in [3.63, 3.8) is 0 Å². The number of aromatic nitrogens is 1. The van der Waals surface area contributed by atoms with Crippen LogP contribution < -0.4 is 16.3 Å². The topological polar surface area (TPSA) is 89.6 Å². The maximum atomic E-state index is 11.6. The molecule has 6 nitrogen and oxygen atoms in total. The van der Waals surface area contributed by atoms with E-state index in [0.29, 0.717) is 16.5 Å². The van der Waals surface area contributed by atoms with Gasteiger partial charge in [-0.05, 0) is 35.4 Å². The third kappa shape index (κ3) is 1.74. The third-order valence-electron chi connectivity index (χ3n) is 2.66. The predicted octanol–water partition coefficient (Wildman–Crippen LogP) is 1.52. The van der Waals surface area contributed by atoms with Crippen molar-refractivity contribution < 1.29 is 0 Å². The van der Waals surface area contributed by atoms with Crippen molar-refractivity contribution in [3.05, 3.63) is 47.9 Å². The van der Waals surface area contributed by atoms with E-state index in [4.69, 9.17) is 5.73 Å². The fraction of sp³-hybridized carbons (Fsp3) is 0. The first-order valence-electron chi connectivity index (χ1n) is 5.36. The molecule has 0 fully saturated rings. The summed E-state index contributed by atoms with van der Waals surface area (Å²) >= 11 is 0. The van der Waals surface area contributed by atoms with E-state index in [0.717, 1.165) is 11.1 Å². The van der Waals surface area contributed by atoms with Gasteiger partial charge >= 0.3 is 0 Å². The summed E-state index contributed by atoms with van der Waals surface area (Å²) in [6, 6.07) is 9.18. The van der Waals surface area contributed by atoms with Gasteiger partial charge in [0.15, 0.2) is 0 Å². The average molecular weight is 240 g/mol. The number of fused-ring (bicyclic) bond motifs is 1. The van der Waals surface area contributed by atoms with Crippen molar-refractivity contribution in [3.8, 4) is 11.1 Å². The Balaban J connectivity index is 2.10. The van der Waals surface area contributed by atoms with Gasteiger partial charge in [0.25, 0.3) is 0 Å². The lowest BCUT2D eigenvalue weighted by molar-refractivity contribution is 0.900. The predicted molar refractivity (Wildman–Crippen MR) is 69.9 cm³/mol. The third-order valence-corrected chi connectivity index (χ3v) is 2.66. The number of benzene rings is 1. The summed E-state index contributed by atoms with van der Waals surface area (Å²) in [5.41, 5.74) is 10.9. The second kappa shape index (κ2) is 4.01. The number of nitrogens with one attached hydrogen (secondary N) is 1. The molecule has 90 valence electrons. The highest BCUT2D eigenvalue weighted by molar-refractivity contribution is 5.90. The molecule has 6 heteroatoms. The van der Waals surface area contributed by atoms with Crippen LogP contribution >= 0.6 is 0 Å². The minimum atomic E-state index is 0.0874. The Labute approximate surface area is 103 Å². The van der Waals surface area contributed by atoms with Crippen LogP contribution in [0.3, 0.4) is 0 Å². The number of rotatable bonds is 1. The van der Waals surface area contributed by atoms with Gasteiger partial charge in [0.1, 0.15) is 0 Å². The van der Waals surface area contributed by atoms with E-state index in [9.17, 15) is 5.21 Å². The Morgan fingerprint density at radius 3 is 2.67 bits per heavy atom. The fourth-order valence-corrected chi connectivity index (χ4v) is 1.83. The second-order valence-corrected chi connectivity index (χ2v) is 3.84. The molecule has 0 amide bonds. The van der Waals surface area contributed by atoms with E-state index in [-0.39, 0.29) is 5.96 Å². The smallest absolute Gasteiger partial charge is 0.212 e. The Morgan fingerprint density at radius 2 is 1.89 bits per heavy atom. The zero-order chi connectivity index (χ0) is 12.5. The van der Waals surface area contributed by atoms with Crippen LogP contribution in [0.5, 0.6) is 0 Å². The minimum Gasteiger partial charge on any atom is -0.739 e. The molecule has 0 radical (unpaired) electrons. The van der Waals surface area contributed by atoms with Gasteiger partial charge in [-0.1, -0.05) is 6.07 Å². The number of pyridine rings is 1. The molecule has 2 aromatic rings. The Morgan fingerprint density at radius 1 is 1.11 bits per heavy atom. The quantitative estimate of drug-likeness (QED) is 0.788. The summed E-state index contributed by atoms with van der Waals surface area (Å²) < 4.78 is 0. The number of anilines is 1. The minimum absolute atomic E-state index is 0.0874. The number of guanidine groups is 1. The average Bonchev–Trinajstić information content (AvgIpc) is 2.39. The molecule has 18 heavy (non-hydrogen) atoms.